The highest BCUT2D eigenvalue weighted by molar-refractivity contribution is 5.89. The Bertz CT molecular complexity index is 279. The van der Waals surface area contributed by atoms with Gasteiger partial charge in [-0.3, -0.25) is 14.4 Å². The Hall–Kier alpha value is -1.63. The van der Waals surface area contributed by atoms with Gasteiger partial charge in [0.15, 0.2) is 0 Å². The fourth-order valence-corrected chi connectivity index (χ4v) is 1.21. The van der Waals surface area contributed by atoms with Crippen LogP contribution in [0.1, 0.15) is 0 Å². The molecule has 3 amide bonds. The minimum atomic E-state index is -0.384. The largest absolute Gasteiger partial charge is 0.353 e. The van der Waals surface area contributed by atoms with Crippen LogP contribution in [0.25, 0.3) is 0 Å². The summed E-state index contributed by atoms with van der Waals surface area (Å²) in [7, 11) is 0. The molecule has 0 aliphatic carbocycles. The van der Waals surface area contributed by atoms with E-state index in [-0.39, 0.29) is 37.4 Å². The first-order valence-electron chi connectivity index (χ1n) is 4.64. The minimum Gasteiger partial charge on any atom is -0.353 e. The Labute approximate surface area is 87.0 Å². The summed E-state index contributed by atoms with van der Waals surface area (Å²) in [4.78, 5) is 34.6. The van der Waals surface area contributed by atoms with Crippen LogP contribution in [0.4, 0.5) is 0 Å². The number of nitrogens with one attached hydrogen (secondary N) is 2. The van der Waals surface area contributed by atoms with Crippen molar-refractivity contribution in [1.29, 1.82) is 0 Å². The lowest BCUT2D eigenvalue weighted by molar-refractivity contribution is -0.138. The van der Waals surface area contributed by atoms with Crippen molar-refractivity contribution in [2.45, 2.75) is 0 Å². The molecular formula is C8H14N4O3. The first-order valence-corrected chi connectivity index (χ1v) is 4.64. The molecule has 0 bridgehead atoms. The van der Waals surface area contributed by atoms with Crippen molar-refractivity contribution >= 4 is 17.7 Å². The minimum absolute atomic E-state index is 0.0529. The normalized spacial score (nSPS) is 15.8. The maximum absolute atomic E-state index is 11.5. The van der Waals surface area contributed by atoms with Crippen molar-refractivity contribution in [1.82, 2.24) is 15.5 Å². The molecule has 0 aromatic carbocycles. The molecule has 1 aliphatic rings. The Morgan fingerprint density at radius 2 is 2.27 bits per heavy atom. The van der Waals surface area contributed by atoms with E-state index in [2.05, 4.69) is 10.6 Å². The van der Waals surface area contributed by atoms with Crippen LogP contribution in [0.5, 0.6) is 0 Å². The summed E-state index contributed by atoms with van der Waals surface area (Å²) in [5.41, 5.74) is 5.06. The summed E-state index contributed by atoms with van der Waals surface area (Å²) in [5.74, 6) is -0.837. The highest BCUT2D eigenvalue weighted by atomic mass is 16.2. The van der Waals surface area contributed by atoms with Crippen LogP contribution in [0.15, 0.2) is 0 Å². The van der Waals surface area contributed by atoms with Crippen LogP contribution in [-0.2, 0) is 14.4 Å². The van der Waals surface area contributed by atoms with Crippen molar-refractivity contribution in [3.8, 4) is 0 Å². The summed E-state index contributed by atoms with van der Waals surface area (Å²) in [6.07, 6.45) is 0. The van der Waals surface area contributed by atoms with Gasteiger partial charge in [0.2, 0.25) is 17.7 Å². The fourth-order valence-electron chi connectivity index (χ4n) is 1.21. The third-order valence-corrected chi connectivity index (χ3v) is 2.01. The quantitative estimate of drug-likeness (QED) is 0.466. The summed E-state index contributed by atoms with van der Waals surface area (Å²) < 4.78 is 0. The molecule has 0 spiro atoms. The predicted molar refractivity (Wildman–Crippen MR) is 51.7 cm³/mol. The Morgan fingerprint density at radius 1 is 1.53 bits per heavy atom. The first kappa shape index (κ1) is 11.4. The maximum Gasteiger partial charge on any atom is 0.242 e. The second-order valence-corrected chi connectivity index (χ2v) is 3.15. The van der Waals surface area contributed by atoms with E-state index in [0.717, 1.165) is 0 Å². The number of carbonyl (C=O) groups is 3. The second kappa shape index (κ2) is 5.30. The number of piperazine rings is 1. The van der Waals surface area contributed by atoms with E-state index in [4.69, 9.17) is 5.73 Å². The Balaban J connectivity index is 2.33. The standard InChI is InChI=1S/C8H14N4O3/c9-3-6(13)11-4-8(15)12-2-1-10-7(14)5-12/h1-5,9H2,(H,10,14)(H,11,13). The van der Waals surface area contributed by atoms with Crippen LogP contribution >= 0.6 is 0 Å². The zero-order valence-corrected chi connectivity index (χ0v) is 8.28. The lowest BCUT2D eigenvalue weighted by Gasteiger charge is -2.26. The molecule has 0 unspecified atom stereocenters. The van der Waals surface area contributed by atoms with E-state index in [9.17, 15) is 14.4 Å². The fraction of sp³-hybridized carbons (Fsp3) is 0.625. The molecule has 0 saturated carbocycles. The molecule has 0 aromatic heterocycles. The van der Waals surface area contributed by atoms with E-state index >= 15 is 0 Å². The molecule has 0 aromatic rings. The smallest absolute Gasteiger partial charge is 0.242 e. The number of rotatable bonds is 3. The molecule has 0 atom stereocenters. The number of carbonyl (C=O) groups excluding carboxylic acids is 3. The third kappa shape index (κ3) is 3.55. The molecule has 4 N–H and O–H groups in total. The first-order chi connectivity index (χ1) is 7.13. The summed E-state index contributed by atoms with van der Waals surface area (Å²) in [5, 5.41) is 4.96. The van der Waals surface area contributed by atoms with E-state index in [1.165, 1.54) is 4.90 Å². The Kier molecular flexibility index (Phi) is 4.04. The van der Waals surface area contributed by atoms with Gasteiger partial charge in [-0.2, -0.15) is 0 Å². The summed E-state index contributed by atoms with van der Waals surface area (Å²) >= 11 is 0. The van der Waals surface area contributed by atoms with E-state index in [1.54, 1.807) is 0 Å². The van der Waals surface area contributed by atoms with Crippen molar-refractivity contribution < 1.29 is 14.4 Å². The van der Waals surface area contributed by atoms with Gasteiger partial charge < -0.3 is 21.3 Å². The van der Waals surface area contributed by atoms with E-state index < -0.39 is 0 Å². The van der Waals surface area contributed by atoms with Gasteiger partial charge in [-0.1, -0.05) is 0 Å². The molecule has 84 valence electrons. The zero-order chi connectivity index (χ0) is 11.3. The van der Waals surface area contributed by atoms with Gasteiger partial charge in [-0.25, -0.2) is 0 Å². The molecule has 7 heteroatoms. The second-order valence-electron chi connectivity index (χ2n) is 3.15. The molecule has 1 heterocycles. The van der Waals surface area contributed by atoms with Crippen molar-refractivity contribution in [3.05, 3.63) is 0 Å². The van der Waals surface area contributed by atoms with Gasteiger partial charge in [-0.05, 0) is 0 Å². The monoisotopic (exact) mass is 214 g/mol. The lowest BCUT2D eigenvalue weighted by Crippen LogP contribution is -2.52. The number of nitrogens with two attached hydrogens (primary N) is 1. The van der Waals surface area contributed by atoms with Gasteiger partial charge >= 0.3 is 0 Å². The van der Waals surface area contributed by atoms with Gasteiger partial charge in [0, 0.05) is 13.1 Å². The lowest BCUT2D eigenvalue weighted by atomic mass is 10.3. The van der Waals surface area contributed by atoms with Crippen molar-refractivity contribution in [2.75, 3.05) is 32.7 Å². The van der Waals surface area contributed by atoms with Crippen LogP contribution in [0.3, 0.4) is 0 Å². The van der Waals surface area contributed by atoms with Gasteiger partial charge in [0.25, 0.3) is 0 Å². The molecule has 1 fully saturated rings. The number of hydrogen-bond donors (Lipinski definition) is 3. The third-order valence-electron chi connectivity index (χ3n) is 2.01. The highest BCUT2D eigenvalue weighted by Crippen LogP contribution is 1.93. The highest BCUT2D eigenvalue weighted by Gasteiger charge is 2.20. The summed E-state index contributed by atoms with van der Waals surface area (Å²) in [6.45, 7) is 0.729. The average molecular weight is 214 g/mol. The summed E-state index contributed by atoms with van der Waals surface area (Å²) in [6, 6.07) is 0. The number of hydrogen-bond acceptors (Lipinski definition) is 4. The molecule has 15 heavy (non-hydrogen) atoms. The van der Waals surface area contributed by atoms with Crippen LogP contribution in [0, 0.1) is 0 Å². The van der Waals surface area contributed by atoms with Crippen molar-refractivity contribution in [2.24, 2.45) is 5.73 Å². The van der Waals surface area contributed by atoms with E-state index in [0.29, 0.717) is 13.1 Å². The average Bonchev–Trinajstić information content (AvgIpc) is 2.25. The van der Waals surface area contributed by atoms with Crippen LogP contribution in [0.2, 0.25) is 0 Å². The Morgan fingerprint density at radius 3 is 2.87 bits per heavy atom. The van der Waals surface area contributed by atoms with Crippen molar-refractivity contribution in [3.63, 3.8) is 0 Å². The van der Waals surface area contributed by atoms with Gasteiger partial charge in [-0.15, -0.1) is 0 Å². The molecule has 7 nitrogen and oxygen atoms in total. The number of amides is 3. The van der Waals surface area contributed by atoms with Gasteiger partial charge in [0.1, 0.15) is 0 Å². The topological polar surface area (TPSA) is 105 Å². The molecule has 1 rings (SSSR count). The predicted octanol–water partition coefficient (Wildman–Crippen LogP) is -2.98. The number of nitrogens with zero attached hydrogens (tertiary/aromatic N) is 1. The maximum atomic E-state index is 11.5. The van der Waals surface area contributed by atoms with E-state index in [1.807, 2.05) is 0 Å². The molecule has 0 radical (unpaired) electrons. The van der Waals surface area contributed by atoms with Gasteiger partial charge in [0.05, 0.1) is 19.6 Å². The van der Waals surface area contributed by atoms with Crippen LogP contribution < -0.4 is 16.4 Å². The molecule has 1 saturated heterocycles. The molecule has 1 aliphatic heterocycles. The SMILES string of the molecule is NCC(=O)NCC(=O)N1CCNC(=O)C1. The van der Waals surface area contributed by atoms with Crippen LogP contribution in [-0.4, -0.2) is 55.3 Å². The zero-order valence-electron chi connectivity index (χ0n) is 8.28. The molecular weight excluding hydrogens is 200 g/mol.